The Morgan fingerprint density at radius 3 is 2.82 bits per heavy atom. The fourth-order valence-electron chi connectivity index (χ4n) is 4.42. The van der Waals surface area contributed by atoms with E-state index in [0.717, 1.165) is 12.1 Å². The molecule has 8 heteroatoms. The highest BCUT2D eigenvalue weighted by Gasteiger charge is 2.49. The van der Waals surface area contributed by atoms with Gasteiger partial charge in [-0.05, 0) is 24.5 Å². The van der Waals surface area contributed by atoms with Gasteiger partial charge in [0.2, 0.25) is 5.91 Å². The third-order valence-corrected chi connectivity index (χ3v) is 9.07. The van der Waals surface area contributed by atoms with Crippen molar-refractivity contribution in [1.82, 2.24) is 0 Å². The standard InChI is InChI=1S/C20H26N2O4S2/c1-26-16-8-4-7-15(11-16)22-17-12-28(24,25)13-18(17)27-20(22)21-19(23)10-9-14-5-2-3-6-14/h4,7-8,11,14,17-18H,2-3,5-6,9-10,12-13H2,1H3/t17-,18+/m0/s1. The van der Waals surface area contributed by atoms with Crippen molar-refractivity contribution in [3.63, 3.8) is 0 Å². The molecule has 1 aromatic carbocycles. The van der Waals surface area contributed by atoms with E-state index in [1.807, 2.05) is 29.2 Å². The van der Waals surface area contributed by atoms with Gasteiger partial charge in [-0.1, -0.05) is 43.5 Å². The molecule has 1 aliphatic carbocycles. The van der Waals surface area contributed by atoms with Gasteiger partial charge in [0.1, 0.15) is 5.75 Å². The Kier molecular flexibility index (Phi) is 5.69. The number of rotatable bonds is 5. The van der Waals surface area contributed by atoms with Gasteiger partial charge in [0.05, 0.1) is 24.7 Å². The monoisotopic (exact) mass is 422 g/mol. The number of fused-ring (bicyclic) bond motifs is 1. The number of benzene rings is 1. The summed E-state index contributed by atoms with van der Waals surface area (Å²) in [5, 5.41) is 0.534. The Bertz CT molecular complexity index is 878. The summed E-state index contributed by atoms with van der Waals surface area (Å²) in [6, 6.07) is 7.30. The van der Waals surface area contributed by atoms with E-state index < -0.39 is 9.84 Å². The van der Waals surface area contributed by atoms with Crippen LogP contribution in [0.25, 0.3) is 0 Å². The van der Waals surface area contributed by atoms with Crippen LogP contribution in [0, 0.1) is 5.92 Å². The minimum absolute atomic E-state index is 0.0856. The predicted octanol–water partition coefficient (Wildman–Crippen LogP) is 3.27. The van der Waals surface area contributed by atoms with Gasteiger partial charge in [-0.25, -0.2) is 8.42 Å². The number of methoxy groups -OCH3 is 1. The lowest BCUT2D eigenvalue weighted by Crippen LogP contribution is -2.37. The molecular formula is C20H26N2O4S2. The summed E-state index contributed by atoms with van der Waals surface area (Å²) >= 11 is 1.42. The van der Waals surface area contributed by atoms with Crippen molar-refractivity contribution in [2.45, 2.75) is 49.8 Å². The van der Waals surface area contributed by atoms with Crippen molar-refractivity contribution in [3.8, 4) is 5.75 Å². The highest BCUT2D eigenvalue weighted by Crippen LogP contribution is 2.41. The highest BCUT2D eigenvalue weighted by atomic mass is 32.2. The van der Waals surface area contributed by atoms with Crippen molar-refractivity contribution >= 4 is 38.4 Å². The number of hydrogen-bond acceptors (Lipinski definition) is 5. The molecule has 1 saturated carbocycles. The van der Waals surface area contributed by atoms with Gasteiger partial charge in [-0.15, -0.1) is 0 Å². The molecule has 0 N–H and O–H groups in total. The number of hydrogen-bond donors (Lipinski definition) is 0. The number of carbonyl (C=O) groups is 1. The van der Waals surface area contributed by atoms with Crippen LogP contribution in [0.5, 0.6) is 5.75 Å². The Balaban J connectivity index is 1.56. The molecule has 2 aliphatic heterocycles. The van der Waals surface area contributed by atoms with Crippen molar-refractivity contribution in [1.29, 1.82) is 0 Å². The summed E-state index contributed by atoms with van der Waals surface area (Å²) in [6.45, 7) is 0. The van der Waals surface area contributed by atoms with Crippen LogP contribution < -0.4 is 9.64 Å². The van der Waals surface area contributed by atoms with E-state index in [0.29, 0.717) is 23.3 Å². The molecule has 1 amide bonds. The Morgan fingerprint density at radius 2 is 2.07 bits per heavy atom. The van der Waals surface area contributed by atoms with Gasteiger partial charge >= 0.3 is 0 Å². The van der Waals surface area contributed by atoms with Gasteiger partial charge < -0.3 is 9.64 Å². The number of amides is 1. The summed E-state index contributed by atoms with van der Waals surface area (Å²) in [4.78, 5) is 18.9. The molecular weight excluding hydrogens is 396 g/mol. The number of aliphatic imine (C=N–C) groups is 1. The van der Waals surface area contributed by atoms with Crippen LogP contribution in [0.15, 0.2) is 29.3 Å². The second kappa shape index (κ2) is 8.06. The first-order valence-corrected chi connectivity index (χ1v) is 12.6. The van der Waals surface area contributed by atoms with E-state index in [1.54, 1.807) is 7.11 Å². The Labute approximate surface area is 170 Å². The van der Waals surface area contributed by atoms with Crippen LogP contribution in [0.4, 0.5) is 5.69 Å². The normalized spacial score (nSPS) is 28.0. The first-order chi connectivity index (χ1) is 13.4. The molecule has 0 aromatic heterocycles. The quantitative estimate of drug-likeness (QED) is 0.725. The molecule has 152 valence electrons. The van der Waals surface area contributed by atoms with Gasteiger partial charge in [-0.2, -0.15) is 4.99 Å². The smallest absolute Gasteiger partial charge is 0.248 e. The van der Waals surface area contributed by atoms with E-state index in [1.165, 1.54) is 37.4 Å². The zero-order valence-corrected chi connectivity index (χ0v) is 17.7. The maximum Gasteiger partial charge on any atom is 0.248 e. The number of carbonyl (C=O) groups excluding carboxylic acids is 1. The highest BCUT2D eigenvalue weighted by molar-refractivity contribution is 8.16. The van der Waals surface area contributed by atoms with E-state index >= 15 is 0 Å². The Hall–Kier alpha value is -1.54. The van der Waals surface area contributed by atoms with Crippen molar-refractivity contribution < 1.29 is 17.9 Å². The van der Waals surface area contributed by atoms with Gasteiger partial charge in [-0.3, -0.25) is 4.79 Å². The average molecular weight is 423 g/mol. The van der Waals surface area contributed by atoms with Crippen molar-refractivity contribution in [3.05, 3.63) is 24.3 Å². The molecule has 2 saturated heterocycles. The topological polar surface area (TPSA) is 76.0 Å². The van der Waals surface area contributed by atoms with Crippen LogP contribution in [-0.2, 0) is 14.6 Å². The van der Waals surface area contributed by atoms with Gasteiger partial charge in [0.25, 0.3) is 0 Å². The second-order valence-corrected chi connectivity index (χ2v) is 11.2. The maximum atomic E-state index is 12.5. The number of nitrogens with zero attached hydrogens (tertiary/aromatic N) is 2. The molecule has 6 nitrogen and oxygen atoms in total. The fourth-order valence-corrected chi connectivity index (χ4v) is 8.35. The van der Waals surface area contributed by atoms with Crippen LogP contribution in [-0.4, -0.2) is 49.4 Å². The lowest BCUT2D eigenvalue weighted by atomic mass is 10.0. The summed E-state index contributed by atoms with van der Waals surface area (Å²) in [5.74, 6) is 1.47. The minimum atomic E-state index is -3.07. The number of sulfone groups is 1. The van der Waals surface area contributed by atoms with E-state index in [4.69, 9.17) is 4.74 Å². The third kappa shape index (κ3) is 4.22. The van der Waals surface area contributed by atoms with Crippen molar-refractivity contribution in [2.24, 2.45) is 10.9 Å². The predicted molar refractivity (Wildman–Crippen MR) is 113 cm³/mol. The van der Waals surface area contributed by atoms with Crippen LogP contribution in [0.3, 0.4) is 0 Å². The largest absolute Gasteiger partial charge is 0.497 e. The molecule has 0 unspecified atom stereocenters. The number of amidine groups is 1. The molecule has 0 spiro atoms. The zero-order chi connectivity index (χ0) is 19.7. The van der Waals surface area contributed by atoms with Crippen LogP contribution in [0.2, 0.25) is 0 Å². The summed E-state index contributed by atoms with van der Waals surface area (Å²) < 4.78 is 29.6. The first-order valence-electron chi connectivity index (χ1n) is 9.87. The first kappa shape index (κ1) is 19.8. The molecule has 28 heavy (non-hydrogen) atoms. The number of ether oxygens (including phenoxy) is 1. The molecule has 3 fully saturated rings. The molecule has 4 rings (SSSR count). The fraction of sp³-hybridized carbons (Fsp3) is 0.600. The molecule has 0 radical (unpaired) electrons. The van der Waals surface area contributed by atoms with Gasteiger partial charge in [0.15, 0.2) is 15.0 Å². The van der Waals surface area contributed by atoms with Gasteiger partial charge in [0, 0.05) is 23.4 Å². The van der Waals surface area contributed by atoms with E-state index in [9.17, 15) is 13.2 Å². The van der Waals surface area contributed by atoms with E-state index in [-0.39, 0.29) is 28.7 Å². The third-order valence-electron chi connectivity index (χ3n) is 5.86. The zero-order valence-electron chi connectivity index (χ0n) is 16.0. The molecule has 1 aromatic rings. The molecule has 2 heterocycles. The van der Waals surface area contributed by atoms with Crippen LogP contribution in [0.1, 0.15) is 38.5 Å². The number of anilines is 1. The summed E-state index contributed by atoms with van der Waals surface area (Å²) in [7, 11) is -1.47. The van der Waals surface area contributed by atoms with E-state index in [2.05, 4.69) is 4.99 Å². The lowest BCUT2D eigenvalue weighted by Gasteiger charge is -2.24. The number of thioether (sulfide) groups is 1. The Morgan fingerprint density at radius 1 is 1.29 bits per heavy atom. The SMILES string of the molecule is COc1cccc(N2C(=NC(=O)CCC3CCCC3)S[C@@H]3CS(=O)(=O)C[C@@H]32)c1. The molecule has 2 atom stereocenters. The average Bonchev–Trinajstić information content (AvgIpc) is 3.34. The lowest BCUT2D eigenvalue weighted by molar-refractivity contribution is -0.118. The summed E-state index contributed by atoms with van der Waals surface area (Å²) in [5.41, 5.74) is 0.818. The van der Waals surface area contributed by atoms with Crippen molar-refractivity contribution in [2.75, 3.05) is 23.5 Å². The summed E-state index contributed by atoms with van der Waals surface area (Å²) in [6.07, 6.45) is 6.34. The second-order valence-electron chi connectivity index (χ2n) is 7.85. The molecule has 0 bridgehead atoms. The maximum absolute atomic E-state index is 12.5. The molecule has 3 aliphatic rings. The minimum Gasteiger partial charge on any atom is -0.497 e. The van der Waals surface area contributed by atoms with Crippen LogP contribution >= 0.6 is 11.8 Å².